The average Bonchev–Trinajstić information content (AvgIpc) is 2.51. The fourth-order valence-corrected chi connectivity index (χ4v) is 3.92. The molecule has 116 valence electrons. The minimum atomic E-state index is -0.449. The van der Waals surface area contributed by atoms with Crippen LogP contribution in [0.4, 0.5) is 0 Å². The van der Waals surface area contributed by atoms with Gasteiger partial charge in [0.2, 0.25) is 5.91 Å². The Morgan fingerprint density at radius 2 is 1.68 bits per heavy atom. The summed E-state index contributed by atoms with van der Waals surface area (Å²) in [6.07, 6.45) is 0.116. The predicted molar refractivity (Wildman–Crippen MR) is 98.6 cm³/mol. The van der Waals surface area contributed by atoms with Crippen LogP contribution in [-0.2, 0) is 11.2 Å². The van der Waals surface area contributed by atoms with Crippen LogP contribution >= 0.6 is 45.2 Å². The van der Waals surface area contributed by atoms with Crippen molar-refractivity contribution < 1.29 is 19.5 Å². The predicted octanol–water partition coefficient (Wildman–Crippen LogP) is 3.74. The van der Waals surface area contributed by atoms with Gasteiger partial charge in [0.1, 0.15) is 11.5 Å². The quantitative estimate of drug-likeness (QED) is 0.355. The van der Waals surface area contributed by atoms with Gasteiger partial charge in [-0.25, -0.2) is 5.48 Å². The number of nitrogens with one attached hydrogen (secondary N) is 1. The lowest BCUT2D eigenvalue weighted by molar-refractivity contribution is -0.128. The first-order valence-electron chi connectivity index (χ1n) is 6.26. The molecule has 1 amide bonds. The molecule has 0 saturated heterocycles. The van der Waals surface area contributed by atoms with E-state index in [0.29, 0.717) is 5.75 Å². The van der Waals surface area contributed by atoms with Crippen LogP contribution in [0, 0.1) is 7.14 Å². The maximum atomic E-state index is 11.2. The second-order valence-corrected chi connectivity index (χ2v) is 6.70. The van der Waals surface area contributed by atoms with Crippen LogP contribution in [0.5, 0.6) is 17.2 Å². The molecule has 0 spiro atoms. The van der Waals surface area contributed by atoms with Crippen molar-refractivity contribution in [2.24, 2.45) is 0 Å². The fourth-order valence-electron chi connectivity index (χ4n) is 1.80. The lowest BCUT2D eigenvalue weighted by atomic mass is 10.1. The van der Waals surface area contributed by atoms with Crippen LogP contribution in [0.25, 0.3) is 0 Å². The number of halogens is 2. The Balaban J connectivity index is 2.21. The van der Waals surface area contributed by atoms with Gasteiger partial charge >= 0.3 is 0 Å². The van der Waals surface area contributed by atoms with E-state index in [9.17, 15) is 4.79 Å². The molecular weight excluding hydrogens is 512 g/mol. The first-order chi connectivity index (χ1) is 10.5. The van der Waals surface area contributed by atoms with E-state index < -0.39 is 5.91 Å². The van der Waals surface area contributed by atoms with Crippen LogP contribution in [-0.4, -0.2) is 18.2 Å². The van der Waals surface area contributed by atoms with Crippen molar-refractivity contribution in [3.8, 4) is 17.2 Å². The molecule has 0 aliphatic carbocycles. The Kier molecular flexibility index (Phi) is 6.26. The van der Waals surface area contributed by atoms with Crippen molar-refractivity contribution in [3.05, 3.63) is 49.1 Å². The van der Waals surface area contributed by atoms with E-state index in [4.69, 9.17) is 14.7 Å². The van der Waals surface area contributed by atoms with E-state index in [1.165, 1.54) is 0 Å². The van der Waals surface area contributed by atoms with Gasteiger partial charge in [-0.1, -0.05) is 0 Å². The molecule has 2 aromatic carbocycles. The molecule has 5 nitrogen and oxygen atoms in total. The second-order valence-electron chi connectivity index (χ2n) is 4.38. The number of hydrogen-bond donors (Lipinski definition) is 2. The summed E-state index contributed by atoms with van der Waals surface area (Å²) in [6.45, 7) is 0. The fraction of sp³-hybridized carbons (Fsp3) is 0.133. The summed E-state index contributed by atoms with van der Waals surface area (Å²) in [5.74, 6) is 1.76. The molecule has 22 heavy (non-hydrogen) atoms. The van der Waals surface area contributed by atoms with Gasteiger partial charge in [0.25, 0.3) is 0 Å². The van der Waals surface area contributed by atoms with Crippen molar-refractivity contribution in [2.75, 3.05) is 7.11 Å². The third-order valence-electron chi connectivity index (χ3n) is 2.83. The van der Waals surface area contributed by atoms with Gasteiger partial charge in [-0.05, 0) is 87.1 Å². The maximum absolute atomic E-state index is 11.2. The molecule has 2 rings (SSSR count). The van der Waals surface area contributed by atoms with Crippen molar-refractivity contribution in [3.63, 3.8) is 0 Å². The van der Waals surface area contributed by atoms with Crippen LogP contribution in [0.1, 0.15) is 5.56 Å². The Morgan fingerprint density at radius 1 is 1.14 bits per heavy atom. The summed E-state index contributed by atoms with van der Waals surface area (Å²) in [6, 6.07) is 11.0. The molecule has 0 fully saturated rings. The highest BCUT2D eigenvalue weighted by atomic mass is 127. The Bertz CT molecular complexity index is 651. The topological polar surface area (TPSA) is 67.8 Å². The number of hydroxylamine groups is 1. The summed E-state index contributed by atoms with van der Waals surface area (Å²) in [5, 5.41) is 8.59. The largest absolute Gasteiger partial charge is 0.497 e. The first-order valence-corrected chi connectivity index (χ1v) is 8.42. The van der Waals surface area contributed by atoms with Gasteiger partial charge in [-0.2, -0.15) is 0 Å². The van der Waals surface area contributed by atoms with E-state index in [-0.39, 0.29) is 6.42 Å². The number of carbonyl (C=O) groups excluding carboxylic acids is 1. The number of carbonyl (C=O) groups is 1. The molecule has 0 heterocycles. The number of hydrogen-bond acceptors (Lipinski definition) is 4. The summed E-state index contributed by atoms with van der Waals surface area (Å²) < 4.78 is 12.8. The monoisotopic (exact) mass is 525 g/mol. The van der Waals surface area contributed by atoms with Gasteiger partial charge < -0.3 is 9.47 Å². The van der Waals surface area contributed by atoms with E-state index in [1.54, 1.807) is 12.6 Å². The molecule has 2 N–H and O–H groups in total. The Hall–Kier alpha value is -1.07. The molecule has 0 radical (unpaired) electrons. The molecule has 7 heteroatoms. The normalized spacial score (nSPS) is 10.2. The zero-order valence-electron chi connectivity index (χ0n) is 11.6. The summed E-state index contributed by atoms with van der Waals surface area (Å²) in [4.78, 5) is 11.2. The SMILES string of the molecule is COc1ccc(Oc2c(I)cc(CC(=O)NO)cc2I)cc1. The van der Waals surface area contributed by atoms with Crippen LogP contribution in [0.3, 0.4) is 0 Å². The second kappa shape index (κ2) is 7.97. The first kappa shape index (κ1) is 17.3. The van der Waals surface area contributed by atoms with Crippen LogP contribution < -0.4 is 15.0 Å². The van der Waals surface area contributed by atoms with Gasteiger partial charge in [-0.15, -0.1) is 0 Å². The zero-order valence-corrected chi connectivity index (χ0v) is 15.9. The van der Waals surface area contributed by atoms with Gasteiger partial charge in [0, 0.05) is 0 Å². The third-order valence-corrected chi connectivity index (χ3v) is 4.43. The molecule has 0 aliphatic rings. The number of ether oxygens (including phenoxy) is 2. The van der Waals surface area contributed by atoms with Gasteiger partial charge in [-0.3, -0.25) is 10.0 Å². The van der Waals surface area contributed by atoms with E-state index in [0.717, 1.165) is 24.2 Å². The van der Waals surface area contributed by atoms with Gasteiger partial charge in [0.05, 0.1) is 20.7 Å². The summed E-state index contributed by atoms with van der Waals surface area (Å²) in [5.41, 5.74) is 2.44. The number of rotatable bonds is 5. The van der Waals surface area contributed by atoms with Crippen LogP contribution in [0.15, 0.2) is 36.4 Å². The smallest absolute Gasteiger partial charge is 0.247 e. The third kappa shape index (κ3) is 4.46. The highest BCUT2D eigenvalue weighted by Crippen LogP contribution is 2.33. The van der Waals surface area contributed by atoms with Gasteiger partial charge in [0.15, 0.2) is 5.75 Å². The lowest BCUT2D eigenvalue weighted by Gasteiger charge is -2.12. The van der Waals surface area contributed by atoms with E-state index in [1.807, 2.05) is 36.4 Å². The standard InChI is InChI=1S/C15H13I2NO4/c1-21-10-2-4-11(5-3-10)22-15-12(16)6-9(7-13(15)17)8-14(19)18-20/h2-7,20H,8H2,1H3,(H,18,19). The van der Waals surface area contributed by atoms with Crippen molar-refractivity contribution in [1.29, 1.82) is 0 Å². The van der Waals surface area contributed by atoms with Crippen LogP contribution in [0.2, 0.25) is 0 Å². The highest BCUT2D eigenvalue weighted by molar-refractivity contribution is 14.1. The molecule has 2 aromatic rings. The minimum absolute atomic E-state index is 0.116. The average molecular weight is 525 g/mol. The van der Waals surface area contributed by atoms with Crippen molar-refractivity contribution in [2.45, 2.75) is 6.42 Å². The molecule has 0 saturated carbocycles. The Morgan fingerprint density at radius 3 is 2.18 bits per heavy atom. The Labute approximate surface area is 155 Å². The molecule has 0 aromatic heterocycles. The lowest BCUT2D eigenvalue weighted by Crippen LogP contribution is -2.20. The molecule has 0 aliphatic heterocycles. The van der Waals surface area contributed by atoms with Crippen molar-refractivity contribution in [1.82, 2.24) is 5.48 Å². The number of amides is 1. The van der Waals surface area contributed by atoms with Crippen molar-refractivity contribution >= 4 is 51.1 Å². The zero-order chi connectivity index (χ0) is 16.1. The molecular formula is C15H13I2NO4. The molecule has 0 unspecified atom stereocenters. The molecule has 0 atom stereocenters. The van der Waals surface area contributed by atoms with E-state index in [2.05, 4.69) is 45.2 Å². The highest BCUT2D eigenvalue weighted by Gasteiger charge is 2.12. The summed E-state index contributed by atoms with van der Waals surface area (Å²) >= 11 is 4.33. The number of methoxy groups -OCH3 is 1. The molecule has 0 bridgehead atoms. The summed E-state index contributed by atoms with van der Waals surface area (Å²) in [7, 11) is 1.61. The van der Waals surface area contributed by atoms with E-state index >= 15 is 0 Å². The minimum Gasteiger partial charge on any atom is -0.497 e. The maximum Gasteiger partial charge on any atom is 0.247 e. The number of benzene rings is 2.